The SMILES string of the molecule is O=C(O)Oc1cccc2ccccc12.c1ccc(-c2ccccc2)cc1. The zero-order chi connectivity index (χ0) is 18.2. The monoisotopic (exact) mass is 342 g/mol. The van der Waals surface area contributed by atoms with Gasteiger partial charge in [0.05, 0.1) is 0 Å². The molecule has 0 radical (unpaired) electrons. The van der Waals surface area contributed by atoms with Crippen LogP contribution in [0.3, 0.4) is 0 Å². The molecule has 128 valence electrons. The van der Waals surface area contributed by atoms with Crippen molar-refractivity contribution in [1.29, 1.82) is 0 Å². The molecule has 0 bridgehead atoms. The molecular weight excluding hydrogens is 324 g/mol. The smallest absolute Gasteiger partial charge is 0.449 e. The first kappa shape index (κ1) is 17.2. The maximum atomic E-state index is 10.4. The Hall–Kier alpha value is -3.59. The van der Waals surface area contributed by atoms with Crippen LogP contribution in [0.1, 0.15) is 0 Å². The lowest BCUT2D eigenvalue weighted by Crippen LogP contribution is -2.03. The molecule has 3 nitrogen and oxygen atoms in total. The second-order valence-electron chi connectivity index (χ2n) is 5.58. The van der Waals surface area contributed by atoms with E-state index in [0.717, 1.165) is 10.8 Å². The molecule has 3 heteroatoms. The topological polar surface area (TPSA) is 46.5 Å². The number of carboxylic acid groups (broad SMARTS) is 1. The number of rotatable bonds is 2. The summed E-state index contributed by atoms with van der Waals surface area (Å²) in [7, 11) is 0. The minimum Gasteiger partial charge on any atom is -0.449 e. The van der Waals surface area contributed by atoms with Crippen LogP contribution in [0.15, 0.2) is 103 Å². The number of carbonyl (C=O) groups is 1. The number of hydrogen-bond acceptors (Lipinski definition) is 2. The van der Waals surface area contributed by atoms with Crippen LogP contribution in [0.25, 0.3) is 21.9 Å². The van der Waals surface area contributed by atoms with Crippen LogP contribution in [0.5, 0.6) is 5.75 Å². The van der Waals surface area contributed by atoms with E-state index in [0.29, 0.717) is 5.75 Å². The van der Waals surface area contributed by atoms with Crippen molar-refractivity contribution in [3.8, 4) is 16.9 Å². The number of ether oxygens (including phenoxy) is 1. The van der Waals surface area contributed by atoms with E-state index in [9.17, 15) is 4.79 Å². The second kappa shape index (κ2) is 8.49. The Morgan fingerprint density at radius 3 is 1.69 bits per heavy atom. The summed E-state index contributed by atoms with van der Waals surface area (Å²) < 4.78 is 4.64. The maximum absolute atomic E-state index is 10.4. The molecule has 0 unspecified atom stereocenters. The van der Waals surface area contributed by atoms with Gasteiger partial charge in [-0.1, -0.05) is 97.1 Å². The highest BCUT2D eigenvalue weighted by Gasteiger charge is 2.04. The molecule has 0 saturated heterocycles. The molecule has 0 aliphatic heterocycles. The molecule has 4 aromatic rings. The van der Waals surface area contributed by atoms with Crippen molar-refractivity contribution in [3.63, 3.8) is 0 Å². The van der Waals surface area contributed by atoms with Crippen molar-refractivity contribution >= 4 is 16.9 Å². The van der Waals surface area contributed by atoms with Gasteiger partial charge in [0.1, 0.15) is 5.75 Å². The van der Waals surface area contributed by atoms with Gasteiger partial charge in [0.2, 0.25) is 0 Å². The summed E-state index contributed by atoms with van der Waals surface area (Å²) >= 11 is 0. The molecule has 0 fully saturated rings. The van der Waals surface area contributed by atoms with E-state index in [1.807, 2.05) is 42.5 Å². The van der Waals surface area contributed by atoms with Gasteiger partial charge in [0, 0.05) is 5.39 Å². The first-order valence-corrected chi connectivity index (χ1v) is 8.23. The molecular formula is C23H18O3. The zero-order valence-electron chi connectivity index (χ0n) is 14.1. The van der Waals surface area contributed by atoms with Crippen LogP contribution in [0.2, 0.25) is 0 Å². The van der Waals surface area contributed by atoms with Crippen LogP contribution in [-0.4, -0.2) is 11.3 Å². The van der Waals surface area contributed by atoms with E-state index in [2.05, 4.69) is 53.3 Å². The minimum atomic E-state index is -1.29. The van der Waals surface area contributed by atoms with Gasteiger partial charge in [-0.3, -0.25) is 0 Å². The van der Waals surface area contributed by atoms with Crippen LogP contribution in [0, 0.1) is 0 Å². The largest absolute Gasteiger partial charge is 0.511 e. The first-order chi connectivity index (χ1) is 12.7. The van der Waals surface area contributed by atoms with Crippen LogP contribution in [-0.2, 0) is 0 Å². The van der Waals surface area contributed by atoms with Crippen molar-refractivity contribution in [2.75, 3.05) is 0 Å². The third kappa shape index (κ3) is 4.48. The van der Waals surface area contributed by atoms with E-state index in [4.69, 9.17) is 5.11 Å². The summed E-state index contributed by atoms with van der Waals surface area (Å²) in [5.41, 5.74) is 2.55. The lowest BCUT2D eigenvalue weighted by molar-refractivity contribution is 0.145. The molecule has 0 atom stereocenters. The van der Waals surface area contributed by atoms with E-state index in [1.54, 1.807) is 12.1 Å². The molecule has 0 aliphatic rings. The first-order valence-electron chi connectivity index (χ1n) is 8.23. The Morgan fingerprint density at radius 1 is 0.615 bits per heavy atom. The van der Waals surface area contributed by atoms with Gasteiger partial charge in [0.15, 0.2) is 0 Å². The molecule has 4 rings (SSSR count). The standard InChI is InChI=1S/C12H10.C11H8O3/c1-3-7-11(8-4-1)12-9-5-2-6-10-12;12-11(13)14-10-7-3-5-8-4-1-2-6-9(8)10/h1-10H;1-7H,(H,12,13). The fourth-order valence-electron chi connectivity index (χ4n) is 2.64. The maximum Gasteiger partial charge on any atom is 0.511 e. The zero-order valence-corrected chi connectivity index (χ0v) is 14.1. The molecule has 26 heavy (non-hydrogen) atoms. The summed E-state index contributed by atoms with van der Waals surface area (Å²) in [4.78, 5) is 10.4. The Morgan fingerprint density at radius 2 is 1.12 bits per heavy atom. The highest BCUT2D eigenvalue weighted by Crippen LogP contribution is 2.25. The predicted molar refractivity (Wildman–Crippen MR) is 104 cm³/mol. The van der Waals surface area contributed by atoms with E-state index < -0.39 is 6.16 Å². The van der Waals surface area contributed by atoms with Crippen LogP contribution >= 0.6 is 0 Å². The Bertz CT molecular complexity index is 937. The molecule has 0 saturated carbocycles. The second-order valence-corrected chi connectivity index (χ2v) is 5.58. The molecule has 0 aliphatic carbocycles. The molecule has 0 spiro atoms. The molecule has 0 heterocycles. The Labute approximate surface area is 152 Å². The average Bonchev–Trinajstić information content (AvgIpc) is 2.70. The van der Waals surface area contributed by atoms with Gasteiger partial charge >= 0.3 is 6.16 Å². The van der Waals surface area contributed by atoms with Gasteiger partial charge in [-0.25, -0.2) is 4.79 Å². The fourth-order valence-corrected chi connectivity index (χ4v) is 2.64. The van der Waals surface area contributed by atoms with Gasteiger partial charge in [0.25, 0.3) is 0 Å². The number of fused-ring (bicyclic) bond motifs is 1. The average molecular weight is 342 g/mol. The fraction of sp³-hybridized carbons (Fsp3) is 0. The molecule has 4 aromatic carbocycles. The minimum absolute atomic E-state index is 0.371. The molecule has 0 amide bonds. The number of hydrogen-bond donors (Lipinski definition) is 1. The molecule has 0 aromatic heterocycles. The summed E-state index contributed by atoms with van der Waals surface area (Å²) in [6.07, 6.45) is -1.29. The van der Waals surface area contributed by atoms with Crippen molar-refractivity contribution in [3.05, 3.63) is 103 Å². The highest BCUT2D eigenvalue weighted by molar-refractivity contribution is 5.89. The lowest BCUT2D eigenvalue weighted by Gasteiger charge is -2.03. The van der Waals surface area contributed by atoms with Gasteiger partial charge < -0.3 is 9.84 Å². The lowest BCUT2D eigenvalue weighted by atomic mass is 10.1. The van der Waals surface area contributed by atoms with Crippen molar-refractivity contribution in [2.45, 2.75) is 0 Å². The normalized spacial score (nSPS) is 9.85. The van der Waals surface area contributed by atoms with Crippen molar-refractivity contribution in [1.82, 2.24) is 0 Å². The van der Waals surface area contributed by atoms with Crippen molar-refractivity contribution < 1.29 is 14.6 Å². The summed E-state index contributed by atoms with van der Waals surface area (Å²) in [5.74, 6) is 0.371. The van der Waals surface area contributed by atoms with E-state index in [1.165, 1.54) is 11.1 Å². The van der Waals surface area contributed by atoms with E-state index >= 15 is 0 Å². The third-order valence-corrected chi connectivity index (χ3v) is 3.83. The third-order valence-electron chi connectivity index (χ3n) is 3.83. The van der Waals surface area contributed by atoms with Gasteiger partial charge in [-0.15, -0.1) is 0 Å². The number of benzene rings is 4. The summed E-state index contributed by atoms with van der Waals surface area (Å²) in [6.45, 7) is 0. The molecule has 1 N–H and O–H groups in total. The van der Waals surface area contributed by atoms with Gasteiger partial charge in [-0.05, 0) is 22.6 Å². The Balaban J connectivity index is 0.000000152. The quantitative estimate of drug-likeness (QED) is 0.346. The van der Waals surface area contributed by atoms with Crippen LogP contribution < -0.4 is 4.74 Å². The summed E-state index contributed by atoms with van der Waals surface area (Å²) in [6, 6.07) is 33.6. The van der Waals surface area contributed by atoms with Crippen LogP contribution in [0.4, 0.5) is 4.79 Å². The summed E-state index contributed by atoms with van der Waals surface area (Å²) in [5, 5.41) is 10.3. The van der Waals surface area contributed by atoms with Gasteiger partial charge in [-0.2, -0.15) is 0 Å². The van der Waals surface area contributed by atoms with E-state index in [-0.39, 0.29) is 0 Å². The van der Waals surface area contributed by atoms with Crippen molar-refractivity contribution in [2.24, 2.45) is 0 Å². The predicted octanol–water partition coefficient (Wildman–Crippen LogP) is 6.25. The Kier molecular flexibility index (Phi) is 5.63. The highest BCUT2D eigenvalue weighted by atomic mass is 16.7.